The van der Waals surface area contributed by atoms with Crippen LogP contribution in [0, 0.1) is 0 Å². The fourth-order valence-corrected chi connectivity index (χ4v) is 3.46. The highest BCUT2D eigenvalue weighted by atomic mass is 35.5. The number of nitrogens with zero attached hydrogens (tertiary/aromatic N) is 1. The van der Waals surface area contributed by atoms with Crippen LogP contribution in [0.25, 0.3) is 0 Å². The number of carbonyl (C=O) groups excluding carboxylic acids is 1. The van der Waals surface area contributed by atoms with Crippen LogP contribution >= 0.6 is 11.6 Å². The minimum absolute atomic E-state index is 0.0258. The molecule has 2 rings (SSSR count). The summed E-state index contributed by atoms with van der Waals surface area (Å²) in [7, 11) is 1.32. The van der Waals surface area contributed by atoms with E-state index in [1.165, 1.54) is 19.2 Å². The van der Waals surface area contributed by atoms with Crippen molar-refractivity contribution >= 4 is 17.5 Å². The minimum Gasteiger partial charge on any atom is -0.493 e. The molecule has 0 spiro atoms. The molecule has 0 bridgehead atoms. The van der Waals surface area contributed by atoms with E-state index in [4.69, 9.17) is 16.3 Å². The Labute approximate surface area is 174 Å². The summed E-state index contributed by atoms with van der Waals surface area (Å²) in [5, 5.41) is 3.42. The van der Waals surface area contributed by atoms with Crippen LogP contribution in [0.4, 0.5) is 8.78 Å². The van der Waals surface area contributed by atoms with Crippen molar-refractivity contribution in [3.05, 3.63) is 58.6 Å². The highest BCUT2D eigenvalue weighted by Gasteiger charge is 2.24. The number of carbonyl (C=O) groups is 1. The van der Waals surface area contributed by atoms with Gasteiger partial charge >= 0.3 is 6.61 Å². The molecular weight excluding hydrogens is 402 g/mol. The molecule has 1 amide bonds. The van der Waals surface area contributed by atoms with Crippen molar-refractivity contribution < 1.29 is 23.0 Å². The Morgan fingerprint density at radius 1 is 1.14 bits per heavy atom. The number of methoxy groups -OCH3 is 1. The highest BCUT2D eigenvalue weighted by molar-refractivity contribution is 6.31. The molecule has 158 valence electrons. The number of ether oxygens (including phenoxy) is 2. The fourth-order valence-electron chi connectivity index (χ4n) is 3.20. The van der Waals surface area contributed by atoms with Gasteiger partial charge in [0.1, 0.15) is 0 Å². The van der Waals surface area contributed by atoms with Crippen molar-refractivity contribution in [2.45, 2.75) is 26.5 Å². The molecule has 0 aliphatic heterocycles. The average molecular weight is 427 g/mol. The van der Waals surface area contributed by atoms with Gasteiger partial charge in [-0.1, -0.05) is 49.7 Å². The molecule has 0 saturated carbocycles. The van der Waals surface area contributed by atoms with E-state index in [9.17, 15) is 13.6 Å². The summed E-state index contributed by atoms with van der Waals surface area (Å²) < 4.78 is 35.2. The molecule has 0 saturated heterocycles. The first kappa shape index (κ1) is 22.9. The zero-order valence-corrected chi connectivity index (χ0v) is 17.4. The molecular formula is C21H25ClF2N2O3. The third-order valence-electron chi connectivity index (χ3n) is 4.62. The molecule has 2 aromatic carbocycles. The monoisotopic (exact) mass is 426 g/mol. The third-order valence-corrected chi connectivity index (χ3v) is 4.97. The molecule has 29 heavy (non-hydrogen) atoms. The predicted octanol–water partition coefficient (Wildman–Crippen LogP) is 4.76. The van der Waals surface area contributed by atoms with Gasteiger partial charge in [0.2, 0.25) is 0 Å². The first-order chi connectivity index (χ1) is 13.9. The number of benzene rings is 2. The van der Waals surface area contributed by atoms with E-state index in [0.29, 0.717) is 5.02 Å². The number of amides is 1. The molecule has 1 unspecified atom stereocenters. The van der Waals surface area contributed by atoms with E-state index in [1.54, 1.807) is 12.1 Å². The summed E-state index contributed by atoms with van der Waals surface area (Å²) in [6.45, 7) is 2.71. The summed E-state index contributed by atoms with van der Waals surface area (Å²) in [6.07, 6.45) is 0. The predicted molar refractivity (Wildman–Crippen MR) is 109 cm³/mol. The molecule has 0 heterocycles. The molecule has 0 aliphatic carbocycles. The number of para-hydroxylation sites is 1. The summed E-state index contributed by atoms with van der Waals surface area (Å²) in [6, 6.07) is 11.7. The first-order valence-electron chi connectivity index (χ1n) is 9.31. The average Bonchev–Trinajstić information content (AvgIpc) is 2.71. The maximum absolute atomic E-state index is 12.8. The van der Waals surface area contributed by atoms with E-state index in [2.05, 4.69) is 15.0 Å². The number of rotatable bonds is 10. The highest BCUT2D eigenvalue weighted by Crippen LogP contribution is 2.33. The molecule has 5 nitrogen and oxygen atoms in total. The fraction of sp³-hybridized carbons (Fsp3) is 0.381. The van der Waals surface area contributed by atoms with Gasteiger partial charge in [-0.15, -0.1) is 0 Å². The van der Waals surface area contributed by atoms with Crippen LogP contribution < -0.4 is 14.8 Å². The maximum atomic E-state index is 12.8. The number of halogens is 3. The van der Waals surface area contributed by atoms with Gasteiger partial charge in [0.05, 0.1) is 18.7 Å². The quantitative estimate of drug-likeness (QED) is 0.595. The normalized spacial score (nSPS) is 12.1. The van der Waals surface area contributed by atoms with Gasteiger partial charge in [-0.05, 0) is 36.9 Å². The smallest absolute Gasteiger partial charge is 0.387 e. The molecule has 0 radical (unpaired) electrons. The third kappa shape index (κ3) is 5.81. The molecule has 1 atom stereocenters. The topological polar surface area (TPSA) is 50.8 Å². The lowest BCUT2D eigenvalue weighted by atomic mass is 10.0. The second kappa shape index (κ2) is 11.0. The SMILES string of the molecule is CCN(CC)C(CNC(=O)c1cccc(OC)c1OC(F)F)c1ccccc1Cl. The van der Waals surface area contributed by atoms with E-state index >= 15 is 0 Å². The van der Waals surface area contributed by atoms with Gasteiger partial charge in [0.15, 0.2) is 11.5 Å². The zero-order chi connectivity index (χ0) is 21.4. The van der Waals surface area contributed by atoms with Gasteiger partial charge < -0.3 is 14.8 Å². The van der Waals surface area contributed by atoms with Crippen LogP contribution in [0.1, 0.15) is 35.8 Å². The number of likely N-dealkylation sites (N-methyl/N-ethyl adjacent to an activating group) is 1. The Morgan fingerprint density at radius 3 is 2.41 bits per heavy atom. The molecule has 0 fully saturated rings. The second-order valence-electron chi connectivity index (χ2n) is 6.18. The summed E-state index contributed by atoms with van der Waals surface area (Å²) in [5.41, 5.74) is 0.856. The Kier molecular flexibility index (Phi) is 8.67. The summed E-state index contributed by atoms with van der Waals surface area (Å²) in [4.78, 5) is 14.9. The summed E-state index contributed by atoms with van der Waals surface area (Å²) >= 11 is 6.37. The molecule has 0 aromatic heterocycles. The summed E-state index contributed by atoms with van der Waals surface area (Å²) in [5.74, 6) is -0.771. The maximum Gasteiger partial charge on any atom is 0.387 e. The van der Waals surface area contributed by atoms with Crippen LogP contribution in [0.15, 0.2) is 42.5 Å². The lowest BCUT2D eigenvalue weighted by molar-refractivity contribution is -0.0515. The number of hydrogen-bond acceptors (Lipinski definition) is 4. The van der Waals surface area contributed by atoms with Gasteiger partial charge in [-0.2, -0.15) is 8.78 Å². The van der Waals surface area contributed by atoms with Crippen molar-refractivity contribution in [2.24, 2.45) is 0 Å². The lowest BCUT2D eigenvalue weighted by Gasteiger charge is -2.31. The zero-order valence-electron chi connectivity index (χ0n) is 16.6. The first-order valence-corrected chi connectivity index (χ1v) is 9.69. The Hall–Kier alpha value is -2.38. The molecule has 2 aromatic rings. The van der Waals surface area contributed by atoms with E-state index in [-0.39, 0.29) is 29.6 Å². The van der Waals surface area contributed by atoms with Crippen molar-refractivity contribution in [2.75, 3.05) is 26.7 Å². The largest absolute Gasteiger partial charge is 0.493 e. The van der Waals surface area contributed by atoms with Crippen LogP contribution in [-0.2, 0) is 0 Å². The number of hydrogen-bond donors (Lipinski definition) is 1. The van der Waals surface area contributed by atoms with Crippen LogP contribution in [-0.4, -0.2) is 44.2 Å². The molecule has 0 aliphatic rings. The van der Waals surface area contributed by atoms with Crippen molar-refractivity contribution in [1.82, 2.24) is 10.2 Å². The van der Waals surface area contributed by atoms with Crippen molar-refractivity contribution in [1.29, 1.82) is 0 Å². The minimum atomic E-state index is -3.08. The van der Waals surface area contributed by atoms with Gasteiger partial charge in [-0.3, -0.25) is 9.69 Å². The lowest BCUT2D eigenvalue weighted by Crippen LogP contribution is -2.38. The van der Waals surface area contributed by atoms with E-state index in [1.807, 2.05) is 32.0 Å². The Bertz CT molecular complexity index is 816. The van der Waals surface area contributed by atoms with Crippen LogP contribution in [0.5, 0.6) is 11.5 Å². The van der Waals surface area contributed by atoms with E-state index < -0.39 is 12.5 Å². The standard InChI is InChI=1S/C21H25ClF2N2O3/c1-4-26(5-2)17(14-9-6-7-11-16(14)22)13-25-20(27)15-10-8-12-18(28-3)19(15)29-21(23)24/h6-12,17,21H,4-5,13H2,1-3H3,(H,25,27). The number of nitrogens with one attached hydrogen (secondary N) is 1. The van der Waals surface area contributed by atoms with Crippen LogP contribution in [0.3, 0.4) is 0 Å². The van der Waals surface area contributed by atoms with Gasteiger partial charge in [-0.25, -0.2) is 0 Å². The Balaban J connectivity index is 2.28. The number of alkyl halides is 2. The van der Waals surface area contributed by atoms with Gasteiger partial charge in [0, 0.05) is 11.6 Å². The van der Waals surface area contributed by atoms with Crippen molar-refractivity contribution in [3.8, 4) is 11.5 Å². The Morgan fingerprint density at radius 2 is 1.83 bits per heavy atom. The van der Waals surface area contributed by atoms with E-state index in [0.717, 1.165) is 18.7 Å². The van der Waals surface area contributed by atoms with Crippen LogP contribution in [0.2, 0.25) is 5.02 Å². The van der Waals surface area contributed by atoms with Crippen molar-refractivity contribution in [3.63, 3.8) is 0 Å². The molecule has 8 heteroatoms. The molecule has 1 N–H and O–H groups in total. The second-order valence-corrected chi connectivity index (χ2v) is 6.59. The van der Waals surface area contributed by atoms with Gasteiger partial charge in [0.25, 0.3) is 5.91 Å².